The normalized spacial score (nSPS) is 10.7. The van der Waals surface area contributed by atoms with E-state index in [-0.39, 0.29) is 19.2 Å². The molecule has 0 aliphatic heterocycles. The van der Waals surface area contributed by atoms with Crippen molar-refractivity contribution in [1.29, 1.82) is 5.26 Å². The number of hydrogen-bond donors (Lipinski definition) is 0. The Hall–Kier alpha value is -3.78. The number of ether oxygens (including phenoxy) is 2. The van der Waals surface area contributed by atoms with Crippen LogP contribution in [0.15, 0.2) is 66.7 Å². The van der Waals surface area contributed by atoms with E-state index in [2.05, 4.69) is 0 Å². The highest BCUT2D eigenvalue weighted by atomic mass is 16.5. The third kappa shape index (κ3) is 3.06. The number of para-hydroxylation sites is 1. The van der Waals surface area contributed by atoms with E-state index in [0.29, 0.717) is 11.3 Å². The van der Waals surface area contributed by atoms with Crippen LogP contribution >= 0.6 is 0 Å². The van der Waals surface area contributed by atoms with Gasteiger partial charge in [-0.15, -0.1) is 0 Å². The van der Waals surface area contributed by atoms with E-state index >= 15 is 0 Å². The summed E-state index contributed by atoms with van der Waals surface area (Å²) < 4.78 is 13.1. The summed E-state index contributed by atoms with van der Waals surface area (Å²) in [5.74, 6) is 0.242. The maximum atomic E-state index is 13.0. The fraction of sp³-hybridized carbons (Fsp3) is 0.130. The van der Waals surface area contributed by atoms with Crippen LogP contribution in [-0.2, 0) is 11.3 Å². The van der Waals surface area contributed by atoms with E-state index < -0.39 is 0 Å². The zero-order valence-corrected chi connectivity index (χ0v) is 15.4. The molecule has 2 heterocycles. The molecule has 0 saturated carbocycles. The Morgan fingerprint density at radius 1 is 1.00 bits per heavy atom. The van der Waals surface area contributed by atoms with Crippen LogP contribution in [0.1, 0.15) is 21.6 Å². The van der Waals surface area contributed by atoms with Gasteiger partial charge >= 0.3 is 5.97 Å². The molecular weight excluding hydrogens is 352 g/mol. The summed E-state index contributed by atoms with van der Waals surface area (Å²) in [4.78, 5) is 13.0. The highest BCUT2D eigenvalue weighted by molar-refractivity contribution is 6.11. The molecule has 0 N–H and O–H groups in total. The van der Waals surface area contributed by atoms with Crippen LogP contribution in [0.25, 0.3) is 16.4 Å². The van der Waals surface area contributed by atoms with Gasteiger partial charge in [0.25, 0.3) is 0 Å². The molecule has 0 amide bonds. The lowest BCUT2D eigenvalue weighted by Crippen LogP contribution is -2.06. The van der Waals surface area contributed by atoms with Crippen LogP contribution in [-0.4, -0.2) is 17.0 Å². The van der Waals surface area contributed by atoms with Crippen molar-refractivity contribution >= 4 is 22.4 Å². The third-order valence-corrected chi connectivity index (χ3v) is 4.71. The topological polar surface area (TPSA) is 63.7 Å². The van der Waals surface area contributed by atoms with Crippen molar-refractivity contribution in [3.8, 4) is 11.8 Å². The second-order valence-electron chi connectivity index (χ2n) is 6.40. The summed E-state index contributed by atoms with van der Waals surface area (Å²) in [6.07, 6.45) is 0. The molecule has 0 aliphatic rings. The van der Waals surface area contributed by atoms with E-state index in [0.717, 1.165) is 27.7 Å². The Morgan fingerprint density at radius 2 is 1.75 bits per heavy atom. The number of aryl methyl sites for hydroxylation is 1. The first-order chi connectivity index (χ1) is 13.7. The van der Waals surface area contributed by atoms with Crippen LogP contribution in [0.3, 0.4) is 0 Å². The standard InChI is InChI=1S/C23H18N2O3/c1-16-21(27-14-13-24)12-11-20-22(18-9-5-6-10-19(18)25(16)20)23(26)28-15-17-7-3-2-4-8-17/h2-12H,14-15H2,1H3. The molecule has 0 saturated heterocycles. The minimum absolute atomic E-state index is 0.0302. The zero-order chi connectivity index (χ0) is 19.5. The first-order valence-corrected chi connectivity index (χ1v) is 8.94. The van der Waals surface area contributed by atoms with Crippen LogP contribution in [0.5, 0.6) is 5.75 Å². The Morgan fingerprint density at radius 3 is 2.54 bits per heavy atom. The predicted octanol–water partition coefficient (Wildman–Crippen LogP) is 4.66. The number of nitrogens with zero attached hydrogens (tertiary/aromatic N) is 2. The summed E-state index contributed by atoms with van der Waals surface area (Å²) in [5.41, 5.74) is 3.93. The average molecular weight is 370 g/mol. The van der Waals surface area contributed by atoms with Gasteiger partial charge in [-0.3, -0.25) is 0 Å². The predicted molar refractivity (Wildman–Crippen MR) is 106 cm³/mol. The van der Waals surface area contributed by atoms with Crippen LogP contribution in [0.2, 0.25) is 0 Å². The van der Waals surface area contributed by atoms with Gasteiger partial charge in [0, 0.05) is 5.39 Å². The largest absolute Gasteiger partial charge is 0.477 e. The maximum absolute atomic E-state index is 13.0. The molecule has 0 radical (unpaired) electrons. The Bertz CT molecular complexity index is 1200. The molecule has 4 aromatic rings. The Kier molecular flexibility index (Phi) is 4.69. The highest BCUT2D eigenvalue weighted by Crippen LogP contribution is 2.32. The van der Waals surface area contributed by atoms with E-state index in [4.69, 9.17) is 14.7 Å². The molecule has 0 spiro atoms. The molecule has 0 atom stereocenters. The summed E-state index contributed by atoms with van der Waals surface area (Å²) >= 11 is 0. The van der Waals surface area contributed by atoms with E-state index in [1.54, 1.807) is 6.07 Å². The maximum Gasteiger partial charge on any atom is 0.341 e. The number of nitriles is 1. The number of carbonyl (C=O) groups is 1. The molecule has 5 heteroatoms. The number of fused-ring (bicyclic) bond motifs is 3. The smallest absolute Gasteiger partial charge is 0.341 e. The number of aromatic nitrogens is 1. The molecule has 0 bridgehead atoms. The number of rotatable bonds is 5. The third-order valence-electron chi connectivity index (χ3n) is 4.71. The minimum Gasteiger partial charge on any atom is -0.477 e. The second-order valence-corrected chi connectivity index (χ2v) is 6.40. The van der Waals surface area contributed by atoms with Gasteiger partial charge in [-0.25, -0.2) is 4.79 Å². The summed E-state index contributed by atoms with van der Waals surface area (Å²) in [5, 5.41) is 9.61. The van der Waals surface area contributed by atoms with Gasteiger partial charge in [0.05, 0.1) is 22.3 Å². The Balaban J connectivity index is 1.80. The molecule has 0 aliphatic carbocycles. The van der Waals surface area contributed by atoms with Crippen molar-refractivity contribution in [2.75, 3.05) is 6.61 Å². The summed E-state index contributed by atoms with van der Waals surface area (Å²) in [6.45, 7) is 2.09. The van der Waals surface area contributed by atoms with Crippen molar-refractivity contribution in [3.63, 3.8) is 0 Å². The van der Waals surface area contributed by atoms with E-state index in [1.165, 1.54) is 0 Å². The van der Waals surface area contributed by atoms with Crippen molar-refractivity contribution in [3.05, 3.63) is 83.6 Å². The number of hydrogen-bond acceptors (Lipinski definition) is 4. The monoisotopic (exact) mass is 370 g/mol. The van der Waals surface area contributed by atoms with Gasteiger partial charge in [0.1, 0.15) is 18.4 Å². The van der Waals surface area contributed by atoms with Crippen molar-refractivity contribution < 1.29 is 14.3 Å². The van der Waals surface area contributed by atoms with Gasteiger partial charge in [0.2, 0.25) is 0 Å². The number of benzene rings is 2. The highest BCUT2D eigenvalue weighted by Gasteiger charge is 2.21. The van der Waals surface area contributed by atoms with Crippen molar-refractivity contribution in [2.45, 2.75) is 13.5 Å². The molecule has 0 fully saturated rings. The number of pyridine rings is 1. The van der Waals surface area contributed by atoms with Crippen LogP contribution in [0, 0.1) is 18.3 Å². The molecule has 0 unspecified atom stereocenters. The summed E-state index contributed by atoms with van der Waals surface area (Å²) in [6, 6.07) is 22.9. The lowest BCUT2D eigenvalue weighted by atomic mass is 10.1. The van der Waals surface area contributed by atoms with Gasteiger partial charge in [-0.05, 0) is 30.7 Å². The number of carbonyl (C=O) groups excluding carboxylic acids is 1. The SMILES string of the molecule is Cc1c(OCC#N)ccc2c(C(=O)OCc3ccccc3)c3ccccc3n12. The van der Waals surface area contributed by atoms with Gasteiger partial charge in [-0.2, -0.15) is 5.26 Å². The van der Waals surface area contributed by atoms with Crippen LogP contribution in [0.4, 0.5) is 0 Å². The van der Waals surface area contributed by atoms with Gasteiger partial charge < -0.3 is 13.9 Å². The van der Waals surface area contributed by atoms with Gasteiger partial charge in [-0.1, -0.05) is 48.5 Å². The van der Waals surface area contributed by atoms with Crippen molar-refractivity contribution in [1.82, 2.24) is 4.40 Å². The first kappa shape index (κ1) is 17.6. The lowest BCUT2D eigenvalue weighted by Gasteiger charge is -2.10. The van der Waals surface area contributed by atoms with E-state index in [1.807, 2.05) is 78.1 Å². The zero-order valence-electron chi connectivity index (χ0n) is 15.4. The molecular formula is C23H18N2O3. The second kappa shape index (κ2) is 7.45. The fourth-order valence-corrected chi connectivity index (χ4v) is 3.44. The summed E-state index contributed by atoms with van der Waals surface area (Å²) in [7, 11) is 0. The molecule has 4 rings (SSSR count). The molecule has 2 aromatic heterocycles. The number of esters is 1. The van der Waals surface area contributed by atoms with Crippen molar-refractivity contribution in [2.24, 2.45) is 0 Å². The molecule has 2 aromatic carbocycles. The minimum atomic E-state index is -0.368. The Labute approximate surface area is 162 Å². The average Bonchev–Trinajstić information content (AvgIpc) is 3.07. The van der Waals surface area contributed by atoms with E-state index in [9.17, 15) is 4.79 Å². The van der Waals surface area contributed by atoms with Gasteiger partial charge in [0.15, 0.2) is 6.61 Å². The fourth-order valence-electron chi connectivity index (χ4n) is 3.44. The lowest BCUT2D eigenvalue weighted by molar-refractivity contribution is 0.0477. The van der Waals surface area contributed by atoms with Crippen LogP contribution < -0.4 is 4.74 Å². The molecule has 138 valence electrons. The first-order valence-electron chi connectivity index (χ1n) is 8.94. The molecule has 28 heavy (non-hydrogen) atoms. The molecule has 5 nitrogen and oxygen atoms in total. The quantitative estimate of drug-likeness (QED) is 0.479.